The van der Waals surface area contributed by atoms with Crippen LogP contribution in [-0.2, 0) is 13.8 Å². The van der Waals surface area contributed by atoms with Crippen LogP contribution in [-0.4, -0.2) is 62.0 Å². The van der Waals surface area contributed by atoms with Gasteiger partial charge in [0, 0.05) is 0 Å². The van der Waals surface area contributed by atoms with Gasteiger partial charge >= 0.3 is 15.4 Å². The number of nitrogens with zero attached hydrogens (tertiary/aromatic N) is 3. The Bertz CT molecular complexity index is 830. The van der Waals surface area contributed by atoms with Crippen LogP contribution in [0.1, 0.15) is 6.23 Å². The first-order valence-corrected chi connectivity index (χ1v) is 8.70. The van der Waals surface area contributed by atoms with Gasteiger partial charge in [-0.05, 0) is 12.2 Å². The Morgan fingerprint density at radius 3 is 3.13 bits per heavy atom. The molecule has 0 bridgehead atoms. The third-order valence-corrected chi connectivity index (χ3v) is 5.01. The molecule has 2 aliphatic heterocycles. The Morgan fingerprint density at radius 1 is 1.57 bits per heavy atom. The predicted octanol–water partition coefficient (Wildman–Crippen LogP) is -0.417. The number of nitrogens with two attached hydrogens (primary N) is 1. The molecule has 4 rings (SSSR count). The number of aliphatic hydroxyl groups is 1. The topological polar surface area (TPSA) is 141 Å². The van der Waals surface area contributed by atoms with E-state index in [9.17, 15) is 10.00 Å². The standard InChI is InChI=1S/C10H12BN5O5PS/c11-22(18)19-1-3-6(21-22)5(17)9(20-3)16-2-13-4-7(12)14-10(23)15-8(4)16/h2-3,5-6,9,17-18H,1H2,(H3,12,14,15,23)/q+1/t3-,5?,6+,9-,22?/m1/s1. The number of nitrogen functional groups attached to an aromatic ring is 1. The van der Waals surface area contributed by atoms with Crippen molar-refractivity contribution in [2.75, 3.05) is 12.3 Å². The molecule has 0 aromatic carbocycles. The lowest BCUT2D eigenvalue weighted by atomic mass is 10.1. The van der Waals surface area contributed by atoms with E-state index in [-0.39, 0.29) is 17.2 Å². The summed E-state index contributed by atoms with van der Waals surface area (Å²) < 4.78 is 17.7. The molecule has 2 saturated heterocycles. The Hall–Kier alpha value is -1.14. The zero-order valence-corrected chi connectivity index (χ0v) is 13.3. The Balaban J connectivity index is 1.73. The first kappa shape index (κ1) is 15.4. The van der Waals surface area contributed by atoms with Crippen molar-refractivity contribution in [2.45, 2.75) is 24.5 Å². The smallest absolute Gasteiger partial charge is 0.385 e. The van der Waals surface area contributed by atoms with E-state index in [1.165, 1.54) is 10.9 Å². The second kappa shape index (κ2) is 5.18. The van der Waals surface area contributed by atoms with Crippen LogP contribution in [0.3, 0.4) is 0 Å². The van der Waals surface area contributed by atoms with Crippen molar-refractivity contribution in [3.05, 3.63) is 11.1 Å². The molecule has 23 heavy (non-hydrogen) atoms. The average Bonchev–Trinajstić information content (AvgIpc) is 3.00. The van der Waals surface area contributed by atoms with Gasteiger partial charge in [-0.15, -0.1) is 0 Å². The fourth-order valence-corrected chi connectivity index (χ4v) is 3.97. The number of hydrogen-bond acceptors (Lipinski definition) is 9. The van der Waals surface area contributed by atoms with Gasteiger partial charge in [0.25, 0.3) is 0 Å². The molecule has 0 saturated carbocycles. The van der Waals surface area contributed by atoms with Crippen molar-refractivity contribution in [2.24, 2.45) is 0 Å². The van der Waals surface area contributed by atoms with Crippen molar-refractivity contribution in [3.8, 4) is 0 Å². The number of aromatic amines is 1. The third-order valence-electron chi connectivity index (χ3n) is 3.75. The van der Waals surface area contributed by atoms with E-state index in [0.717, 1.165) is 0 Å². The maximum absolute atomic E-state index is 10.5. The van der Waals surface area contributed by atoms with E-state index in [0.29, 0.717) is 11.2 Å². The summed E-state index contributed by atoms with van der Waals surface area (Å²) in [6.45, 7) is 0.0151. The van der Waals surface area contributed by atoms with E-state index in [1.807, 2.05) is 0 Å². The van der Waals surface area contributed by atoms with Crippen LogP contribution in [0, 0.1) is 4.77 Å². The van der Waals surface area contributed by atoms with Gasteiger partial charge < -0.3 is 20.6 Å². The van der Waals surface area contributed by atoms with Gasteiger partial charge in [-0.3, -0.25) is 4.57 Å². The van der Waals surface area contributed by atoms with Crippen molar-refractivity contribution in [3.63, 3.8) is 0 Å². The first-order valence-electron chi connectivity index (χ1n) is 6.65. The van der Waals surface area contributed by atoms with E-state index in [2.05, 4.69) is 15.0 Å². The van der Waals surface area contributed by atoms with Crippen molar-refractivity contribution in [1.29, 1.82) is 0 Å². The molecule has 0 aliphatic carbocycles. The Kier molecular flexibility index (Phi) is 3.47. The summed E-state index contributed by atoms with van der Waals surface area (Å²) in [5.41, 5.74) is 6.60. The summed E-state index contributed by atoms with van der Waals surface area (Å²) in [7, 11) is 2.05. The second-order valence-corrected chi connectivity index (χ2v) is 7.25. The number of anilines is 1. The fraction of sp³-hybridized carbons (Fsp3) is 0.500. The summed E-state index contributed by atoms with van der Waals surface area (Å²) in [5, 5.41) is 10.5. The molecule has 2 unspecified atom stereocenters. The number of imidazole rings is 1. The molecule has 0 amide bonds. The molecule has 2 aromatic rings. The highest BCUT2D eigenvalue weighted by Gasteiger charge is 2.56. The molecule has 0 spiro atoms. The predicted molar refractivity (Wildman–Crippen MR) is 82.8 cm³/mol. The van der Waals surface area contributed by atoms with E-state index >= 15 is 0 Å². The molecule has 4 heterocycles. The lowest BCUT2D eigenvalue weighted by Crippen LogP contribution is -2.40. The Morgan fingerprint density at radius 2 is 2.35 bits per heavy atom. The number of ether oxygens (including phenoxy) is 1. The highest BCUT2D eigenvalue weighted by molar-refractivity contribution is 7.85. The SMILES string of the molecule is [B][P+]1(O)OC[C@H]2O[C@@H](n3cnc4c(N)[nH]c(=S)nc43)C(O)[C@H]2O1. The number of fused-ring (bicyclic) bond motifs is 2. The summed E-state index contributed by atoms with van der Waals surface area (Å²) in [6, 6.07) is 0. The maximum Gasteiger partial charge on any atom is 0.488 e. The van der Waals surface area contributed by atoms with Gasteiger partial charge in [-0.2, -0.15) is 14.0 Å². The van der Waals surface area contributed by atoms with Gasteiger partial charge in [-0.1, -0.05) is 0 Å². The highest BCUT2D eigenvalue weighted by Crippen LogP contribution is 2.58. The van der Waals surface area contributed by atoms with Gasteiger partial charge in [0.2, 0.25) is 0 Å². The van der Waals surface area contributed by atoms with Crippen LogP contribution in [0.2, 0.25) is 0 Å². The molecule has 13 heteroatoms. The molecule has 2 aliphatic rings. The van der Waals surface area contributed by atoms with Crippen LogP contribution in [0.15, 0.2) is 6.33 Å². The zero-order chi connectivity index (χ0) is 16.4. The number of H-pyrrole nitrogens is 1. The zero-order valence-electron chi connectivity index (χ0n) is 11.6. The molecule has 2 radical (unpaired) electrons. The minimum absolute atomic E-state index is 0.0151. The minimum Gasteiger partial charge on any atom is -0.385 e. The van der Waals surface area contributed by atoms with Gasteiger partial charge in [0.05, 0.1) is 6.33 Å². The minimum atomic E-state index is -3.43. The number of nitrogens with one attached hydrogen (secondary N) is 1. The highest BCUT2D eigenvalue weighted by atomic mass is 32.1. The van der Waals surface area contributed by atoms with Crippen LogP contribution < -0.4 is 5.73 Å². The lowest BCUT2D eigenvalue weighted by molar-refractivity contribution is -0.0603. The van der Waals surface area contributed by atoms with Crippen LogP contribution in [0.25, 0.3) is 11.2 Å². The average molecular weight is 356 g/mol. The molecular weight excluding hydrogens is 344 g/mol. The Labute approximate surface area is 136 Å². The quantitative estimate of drug-likeness (QED) is 0.305. The van der Waals surface area contributed by atoms with Gasteiger partial charge in [0.1, 0.15) is 30.1 Å². The maximum atomic E-state index is 10.5. The molecule has 2 aromatic heterocycles. The summed E-state index contributed by atoms with van der Waals surface area (Å²) >= 11 is 5.01. The van der Waals surface area contributed by atoms with Gasteiger partial charge in [0.15, 0.2) is 22.8 Å². The van der Waals surface area contributed by atoms with E-state index in [1.54, 1.807) is 0 Å². The molecule has 5 N–H and O–H groups in total. The number of rotatable bonds is 1. The molecule has 10 nitrogen and oxygen atoms in total. The molecule has 120 valence electrons. The van der Waals surface area contributed by atoms with Crippen molar-refractivity contribution < 1.29 is 23.8 Å². The van der Waals surface area contributed by atoms with Gasteiger partial charge in [-0.25, -0.2) is 9.88 Å². The lowest BCUT2D eigenvalue weighted by Gasteiger charge is -2.27. The normalized spacial score (nSPS) is 37.1. The summed E-state index contributed by atoms with van der Waals surface area (Å²) in [5.74, 6) is 0.269. The monoisotopic (exact) mass is 356 g/mol. The molecule has 5 atom stereocenters. The first-order chi connectivity index (χ1) is 10.9. The van der Waals surface area contributed by atoms with Crippen molar-refractivity contribution in [1.82, 2.24) is 19.5 Å². The number of aromatic nitrogens is 4. The summed E-state index contributed by atoms with van der Waals surface area (Å²) in [6.07, 6.45) is -1.90. The molecule has 2 fully saturated rings. The third kappa shape index (κ3) is 2.47. The number of hydrogen-bond donors (Lipinski definition) is 4. The fourth-order valence-electron chi connectivity index (χ4n) is 2.74. The summed E-state index contributed by atoms with van der Waals surface area (Å²) in [4.78, 5) is 20.7. The molecular formula is C10H12BN5O5PS+. The van der Waals surface area contributed by atoms with Crippen molar-refractivity contribution >= 4 is 44.6 Å². The largest absolute Gasteiger partial charge is 0.488 e. The number of aliphatic hydroxyl groups excluding tert-OH is 1. The van der Waals surface area contributed by atoms with E-state index in [4.69, 9.17) is 39.3 Å². The second-order valence-electron chi connectivity index (χ2n) is 5.27. The van der Waals surface area contributed by atoms with E-state index < -0.39 is 32.4 Å². The van der Waals surface area contributed by atoms with Crippen LogP contribution in [0.4, 0.5) is 5.82 Å². The van der Waals surface area contributed by atoms with Crippen LogP contribution >= 0.6 is 20.0 Å². The van der Waals surface area contributed by atoms with Crippen LogP contribution in [0.5, 0.6) is 0 Å².